The standard InChI is InChI=1S/C13H12FN3O/c1-9-2-11(8-18)6-17-13(9)16-5-10-3-12(14)7-15-4-10/h2-4,6-8H,5H2,1H3,(H,16,17). The summed E-state index contributed by atoms with van der Waals surface area (Å²) in [6.45, 7) is 2.28. The normalized spacial score (nSPS) is 10.1. The predicted octanol–water partition coefficient (Wildman–Crippen LogP) is 2.35. The maximum atomic E-state index is 12.9. The minimum atomic E-state index is -0.365. The number of nitrogens with one attached hydrogen (secondary N) is 1. The van der Waals surface area contributed by atoms with Crippen molar-refractivity contribution in [3.05, 3.63) is 53.2 Å². The summed E-state index contributed by atoms with van der Waals surface area (Å²) in [5.74, 6) is 0.306. The van der Waals surface area contributed by atoms with Crippen molar-refractivity contribution < 1.29 is 9.18 Å². The summed E-state index contributed by atoms with van der Waals surface area (Å²) in [5, 5.41) is 3.07. The van der Waals surface area contributed by atoms with Crippen LogP contribution in [-0.2, 0) is 6.54 Å². The van der Waals surface area contributed by atoms with E-state index in [9.17, 15) is 9.18 Å². The smallest absolute Gasteiger partial charge is 0.151 e. The third-order valence-electron chi connectivity index (χ3n) is 2.46. The molecule has 0 spiro atoms. The Kier molecular flexibility index (Phi) is 3.62. The molecule has 0 unspecified atom stereocenters. The minimum absolute atomic E-state index is 0.365. The van der Waals surface area contributed by atoms with E-state index in [1.165, 1.54) is 12.3 Å². The number of aromatic nitrogens is 2. The topological polar surface area (TPSA) is 54.9 Å². The summed E-state index contributed by atoms with van der Waals surface area (Å²) < 4.78 is 12.9. The van der Waals surface area contributed by atoms with Crippen LogP contribution in [0.1, 0.15) is 21.5 Å². The first kappa shape index (κ1) is 12.2. The number of carbonyl (C=O) groups excluding carboxylic acids is 1. The molecule has 18 heavy (non-hydrogen) atoms. The van der Waals surface area contributed by atoms with Gasteiger partial charge in [0.1, 0.15) is 11.6 Å². The molecule has 2 rings (SSSR count). The summed E-state index contributed by atoms with van der Waals surface area (Å²) in [6.07, 6.45) is 4.99. The molecule has 2 aromatic heterocycles. The van der Waals surface area contributed by atoms with Crippen molar-refractivity contribution >= 4 is 12.1 Å². The molecule has 4 nitrogen and oxygen atoms in total. The van der Waals surface area contributed by atoms with Crippen molar-refractivity contribution in [1.82, 2.24) is 9.97 Å². The first-order chi connectivity index (χ1) is 8.69. The Balaban J connectivity index is 2.08. The van der Waals surface area contributed by atoms with E-state index in [1.807, 2.05) is 6.92 Å². The van der Waals surface area contributed by atoms with Crippen molar-refractivity contribution in [3.8, 4) is 0 Å². The fourth-order valence-corrected chi connectivity index (χ4v) is 1.58. The van der Waals surface area contributed by atoms with Crippen LogP contribution >= 0.6 is 0 Å². The lowest BCUT2D eigenvalue weighted by atomic mass is 10.2. The minimum Gasteiger partial charge on any atom is -0.366 e. The maximum Gasteiger partial charge on any atom is 0.151 e. The van der Waals surface area contributed by atoms with Gasteiger partial charge in [0, 0.05) is 24.5 Å². The van der Waals surface area contributed by atoms with Gasteiger partial charge in [-0.1, -0.05) is 0 Å². The van der Waals surface area contributed by atoms with Gasteiger partial charge in [-0.25, -0.2) is 9.37 Å². The maximum absolute atomic E-state index is 12.9. The number of aryl methyl sites for hydroxylation is 1. The number of anilines is 1. The summed E-state index contributed by atoms with van der Waals surface area (Å²) >= 11 is 0. The summed E-state index contributed by atoms with van der Waals surface area (Å²) in [4.78, 5) is 18.5. The van der Waals surface area contributed by atoms with E-state index in [-0.39, 0.29) is 5.82 Å². The zero-order valence-corrected chi connectivity index (χ0v) is 9.85. The van der Waals surface area contributed by atoms with Gasteiger partial charge in [-0.2, -0.15) is 0 Å². The van der Waals surface area contributed by atoms with Crippen LogP contribution in [0.5, 0.6) is 0 Å². The third kappa shape index (κ3) is 2.88. The van der Waals surface area contributed by atoms with E-state index in [1.54, 1.807) is 12.3 Å². The quantitative estimate of drug-likeness (QED) is 0.840. The Morgan fingerprint density at radius 1 is 1.33 bits per heavy atom. The Morgan fingerprint density at radius 2 is 2.17 bits per heavy atom. The zero-order chi connectivity index (χ0) is 13.0. The molecule has 2 aromatic rings. The number of rotatable bonds is 4. The van der Waals surface area contributed by atoms with Crippen molar-refractivity contribution in [2.24, 2.45) is 0 Å². The van der Waals surface area contributed by atoms with Crippen LogP contribution in [-0.4, -0.2) is 16.3 Å². The number of aldehydes is 1. The largest absolute Gasteiger partial charge is 0.366 e. The van der Waals surface area contributed by atoms with Crippen LogP contribution in [0.4, 0.5) is 10.2 Å². The van der Waals surface area contributed by atoms with Gasteiger partial charge in [0.25, 0.3) is 0 Å². The Morgan fingerprint density at radius 3 is 2.83 bits per heavy atom. The molecule has 5 heteroatoms. The van der Waals surface area contributed by atoms with Crippen LogP contribution in [0.25, 0.3) is 0 Å². The van der Waals surface area contributed by atoms with Gasteiger partial charge in [-0.15, -0.1) is 0 Å². The summed E-state index contributed by atoms with van der Waals surface area (Å²) in [7, 11) is 0. The lowest BCUT2D eigenvalue weighted by Crippen LogP contribution is -2.04. The molecule has 0 amide bonds. The van der Waals surface area contributed by atoms with Crippen LogP contribution in [0.15, 0.2) is 30.7 Å². The van der Waals surface area contributed by atoms with E-state index in [0.717, 1.165) is 23.6 Å². The molecular formula is C13H12FN3O. The molecule has 1 N–H and O–H groups in total. The van der Waals surface area contributed by atoms with Gasteiger partial charge in [-0.05, 0) is 30.2 Å². The van der Waals surface area contributed by atoms with Gasteiger partial charge in [0.05, 0.1) is 6.20 Å². The second-order valence-electron chi connectivity index (χ2n) is 3.92. The van der Waals surface area contributed by atoms with Gasteiger partial charge < -0.3 is 5.32 Å². The van der Waals surface area contributed by atoms with Crippen molar-refractivity contribution in [2.45, 2.75) is 13.5 Å². The second-order valence-corrected chi connectivity index (χ2v) is 3.92. The average Bonchev–Trinajstić information content (AvgIpc) is 2.37. The number of hydrogen-bond donors (Lipinski definition) is 1. The van der Waals surface area contributed by atoms with Gasteiger partial charge in [0.2, 0.25) is 0 Å². The monoisotopic (exact) mass is 245 g/mol. The van der Waals surface area contributed by atoms with E-state index in [0.29, 0.717) is 17.9 Å². The lowest BCUT2D eigenvalue weighted by molar-refractivity contribution is 0.112. The van der Waals surface area contributed by atoms with E-state index in [4.69, 9.17) is 0 Å². The molecule has 2 heterocycles. The molecule has 0 fully saturated rings. The summed E-state index contributed by atoms with van der Waals surface area (Å²) in [6, 6.07) is 3.15. The Labute approximate surface area is 104 Å². The highest BCUT2D eigenvalue weighted by Gasteiger charge is 2.02. The number of pyridine rings is 2. The Bertz CT molecular complexity index is 572. The molecule has 92 valence electrons. The molecule has 0 aliphatic heterocycles. The van der Waals surface area contributed by atoms with Crippen molar-refractivity contribution in [3.63, 3.8) is 0 Å². The molecule has 0 aliphatic rings. The molecule has 0 atom stereocenters. The fraction of sp³-hybridized carbons (Fsp3) is 0.154. The lowest BCUT2D eigenvalue weighted by Gasteiger charge is -2.08. The predicted molar refractivity (Wildman–Crippen MR) is 65.9 cm³/mol. The van der Waals surface area contributed by atoms with Crippen LogP contribution in [0, 0.1) is 12.7 Å². The number of carbonyl (C=O) groups is 1. The SMILES string of the molecule is Cc1cc(C=O)cnc1NCc1cncc(F)c1. The molecule has 0 bridgehead atoms. The molecule has 0 saturated heterocycles. The highest BCUT2D eigenvalue weighted by molar-refractivity contribution is 5.75. The van der Waals surface area contributed by atoms with Crippen molar-refractivity contribution in [2.75, 3.05) is 5.32 Å². The summed E-state index contributed by atoms with van der Waals surface area (Å²) in [5.41, 5.74) is 2.13. The third-order valence-corrected chi connectivity index (χ3v) is 2.46. The van der Waals surface area contributed by atoms with Gasteiger partial charge in [-0.3, -0.25) is 9.78 Å². The van der Waals surface area contributed by atoms with Crippen LogP contribution in [0.3, 0.4) is 0 Å². The molecule has 0 radical (unpaired) electrons. The first-order valence-corrected chi connectivity index (χ1v) is 5.44. The van der Waals surface area contributed by atoms with Crippen LogP contribution in [0.2, 0.25) is 0 Å². The highest BCUT2D eigenvalue weighted by atomic mass is 19.1. The number of hydrogen-bond acceptors (Lipinski definition) is 4. The number of halogens is 1. The van der Waals surface area contributed by atoms with E-state index in [2.05, 4.69) is 15.3 Å². The zero-order valence-electron chi connectivity index (χ0n) is 9.85. The molecule has 0 aliphatic carbocycles. The van der Waals surface area contributed by atoms with Crippen molar-refractivity contribution in [1.29, 1.82) is 0 Å². The highest BCUT2D eigenvalue weighted by Crippen LogP contribution is 2.13. The fourth-order valence-electron chi connectivity index (χ4n) is 1.58. The second kappa shape index (κ2) is 5.35. The van der Waals surface area contributed by atoms with E-state index >= 15 is 0 Å². The van der Waals surface area contributed by atoms with Gasteiger partial charge in [0.15, 0.2) is 6.29 Å². The molecule has 0 aromatic carbocycles. The van der Waals surface area contributed by atoms with Gasteiger partial charge >= 0.3 is 0 Å². The van der Waals surface area contributed by atoms with E-state index < -0.39 is 0 Å². The molecule has 0 saturated carbocycles. The average molecular weight is 245 g/mol. The molecular weight excluding hydrogens is 233 g/mol. The number of nitrogens with zero attached hydrogens (tertiary/aromatic N) is 2. The first-order valence-electron chi connectivity index (χ1n) is 5.44. The van der Waals surface area contributed by atoms with Crippen LogP contribution < -0.4 is 5.32 Å². The Hall–Kier alpha value is -2.30.